The van der Waals surface area contributed by atoms with Gasteiger partial charge >= 0.3 is 5.97 Å². The number of hydrogen-bond acceptors (Lipinski definition) is 6. The van der Waals surface area contributed by atoms with Crippen molar-refractivity contribution in [1.29, 1.82) is 0 Å². The van der Waals surface area contributed by atoms with Crippen molar-refractivity contribution in [1.82, 2.24) is 15.5 Å². The molecule has 0 aliphatic carbocycles. The second-order valence-electron chi connectivity index (χ2n) is 14.6. The van der Waals surface area contributed by atoms with E-state index in [2.05, 4.69) is 50.4 Å². The summed E-state index contributed by atoms with van der Waals surface area (Å²) in [5.74, 6) is 0.550. The second-order valence-corrected chi connectivity index (χ2v) is 19.4. The molecule has 0 unspecified atom stereocenters. The Morgan fingerprint density at radius 3 is 2.16 bits per heavy atom. The molecular weight excluding hydrogens is 590 g/mol. The van der Waals surface area contributed by atoms with E-state index in [1.54, 1.807) is 12.1 Å². The first-order chi connectivity index (χ1) is 20.8. The van der Waals surface area contributed by atoms with Crippen molar-refractivity contribution in [3.63, 3.8) is 0 Å². The highest BCUT2D eigenvalue weighted by Crippen LogP contribution is 2.37. The Bertz CT molecular complexity index is 1230. The maximum atomic E-state index is 14.0. The summed E-state index contributed by atoms with van der Waals surface area (Å²) in [6, 6.07) is 4.93. The van der Waals surface area contributed by atoms with E-state index >= 15 is 0 Å². The van der Waals surface area contributed by atoms with Crippen LogP contribution in [0, 0.1) is 17.8 Å². The molecule has 0 radical (unpaired) electrons. The Labute approximate surface area is 269 Å². The first-order valence-corrected chi connectivity index (χ1v) is 18.7. The van der Waals surface area contributed by atoms with E-state index in [0.29, 0.717) is 24.8 Å². The number of nitrogens with one attached hydrogen (secondary N) is 2. The Morgan fingerprint density at radius 2 is 1.62 bits per heavy atom. The number of carboxylic acids is 1. The number of carboxylic acid groups (broad SMARTS) is 1. The number of likely N-dealkylation sites (tertiary alicyclic amines) is 1. The van der Waals surface area contributed by atoms with Gasteiger partial charge in [0.15, 0.2) is 8.32 Å². The molecule has 0 aromatic heterocycles. The van der Waals surface area contributed by atoms with Crippen molar-refractivity contribution in [3.05, 3.63) is 35.4 Å². The Hall–Kier alpha value is -3.20. The number of aliphatic carboxylic acids is 1. The zero-order chi connectivity index (χ0) is 34.2. The quantitative estimate of drug-likeness (QED) is 0.134. The van der Waals surface area contributed by atoms with Crippen LogP contribution >= 0.6 is 0 Å². The molecule has 0 spiro atoms. The van der Waals surface area contributed by atoms with Crippen molar-refractivity contribution in [2.75, 3.05) is 13.2 Å². The number of aliphatic hydroxyl groups excluding tert-OH is 1. The molecule has 250 valence electrons. The summed E-state index contributed by atoms with van der Waals surface area (Å²) in [7, 11) is -2.17. The van der Waals surface area contributed by atoms with Crippen molar-refractivity contribution >= 4 is 32.0 Å². The third kappa shape index (κ3) is 11.3. The summed E-state index contributed by atoms with van der Waals surface area (Å²) in [5.41, 5.74) is 0.837. The monoisotopic (exact) mass is 643 g/mol. The first-order valence-electron chi connectivity index (χ1n) is 15.8. The molecular formula is C34H53N3O7Si. The van der Waals surface area contributed by atoms with E-state index in [4.69, 9.17) is 16.0 Å². The molecule has 45 heavy (non-hydrogen) atoms. The fraction of sp³-hybridized carbons (Fsp3) is 0.647. The number of β-amino-alcohol motifs (C(OH)–C–C–N with tert-alkyl or cyclic N) is 1. The normalized spacial score (nSPS) is 18.5. The molecule has 1 saturated heterocycles. The highest BCUT2D eigenvalue weighted by molar-refractivity contribution is 6.74. The minimum atomic E-state index is -2.17. The number of nitrogens with zero attached hydrogens (tertiary/aromatic N) is 1. The lowest BCUT2D eigenvalue weighted by molar-refractivity contribution is -0.144. The first kappa shape index (κ1) is 38.0. The molecule has 1 aliphatic heterocycles. The number of benzene rings is 1. The van der Waals surface area contributed by atoms with Crippen LogP contribution in [0.2, 0.25) is 18.1 Å². The zero-order valence-corrected chi connectivity index (χ0v) is 29.2. The molecule has 0 bridgehead atoms. The zero-order valence-electron chi connectivity index (χ0n) is 28.2. The van der Waals surface area contributed by atoms with Crippen molar-refractivity contribution in [3.8, 4) is 12.3 Å². The van der Waals surface area contributed by atoms with Gasteiger partial charge in [0.2, 0.25) is 17.7 Å². The van der Waals surface area contributed by atoms with Crippen LogP contribution in [0.3, 0.4) is 0 Å². The minimum absolute atomic E-state index is 0.0312. The molecule has 0 saturated carbocycles. The van der Waals surface area contributed by atoms with Crippen molar-refractivity contribution < 1.29 is 33.8 Å². The third-order valence-corrected chi connectivity index (χ3v) is 13.3. The molecule has 1 heterocycles. The van der Waals surface area contributed by atoms with Gasteiger partial charge in [0.25, 0.3) is 0 Å². The van der Waals surface area contributed by atoms with Gasteiger partial charge in [-0.05, 0) is 54.1 Å². The molecule has 2 rings (SSSR count). The number of rotatable bonds is 14. The molecule has 11 heteroatoms. The van der Waals surface area contributed by atoms with E-state index in [9.17, 15) is 24.3 Å². The highest BCUT2D eigenvalue weighted by Gasteiger charge is 2.45. The van der Waals surface area contributed by atoms with Gasteiger partial charge in [-0.2, -0.15) is 0 Å². The Kier molecular flexibility index (Phi) is 13.4. The maximum Gasteiger partial charge on any atom is 0.303 e. The van der Waals surface area contributed by atoms with E-state index < -0.39 is 55.7 Å². The van der Waals surface area contributed by atoms with Gasteiger partial charge in [-0.15, -0.1) is 6.42 Å². The lowest BCUT2D eigenvalue weighted by Gasteiger charge is -2.38. The number of carbonyl (C=O) groups is 4. The minimum Gasteiger partial charge on any atom is -0.481 e. The molecule has 1 fully saturated rings. The number of unbranched alkanes of at least 4 members (excludes halogenated alkanes) is 2. The summed E-state index contributed by atoms with van der Waals surface area (Å²) >= 11 is 0. The van der Waals surface area contributed by atoms with Crippen LogP contribution in [-0.2, 0) is 23.6 Å². The Morgan fingerprint density at radius 1 is 1.02 bits per heavy atom. The Balaban J connectivity index is 2.24. The predicted molar refractivity (Wildman–Crippen MR) is 177 cm³/mol. The fourth-order valence-electron chi connectivity index (χ4n) is 4.90. The summed E-state index contributed by atoms with van der Waals surface area (Å²) in [6.45, 7) is 16.4. The fourth-order valence-corrected chi connectivity index (χ4v) is 5.92. The van der Waals surface area contributed by atoms with Crippen molar-refractivity contribution in [2.45, 2.75) is 122 Å². The van der Waals surface area contributed by atoms with Crippen LogP contribution in [0.4, 0.5) is 0 Å². The number of terminal acetylenes is 1. The van der Waals surface area contributed by atoms with E-state index in [1.807, 2.05) is 32.9 Å². The lowest BCUT2D eigenvalue weighted by atomic mass is 9.85. The highest BCUT2D eigenvalue weighted by atomic mass is 28.4. The smallest absolute Gasteiger partial charge is 0.303 e. The van der Waals surface area contributed by atoms with E-state index in [1.165, 1.54) is 4.90 Å². The topological polar surface area (TPSA) is 145 Å². The third-order valence-electron chi connectivity index (χ3n) is 8.79. The van der Waals surface area contributed by atoms with Gasteiger partial charge < -0.3 is 30.2 Å². The van der Waals surface area contributed by atoms with E-state index in [-0.39, 0.29) is 43.4 Å². The molecule has 1 aliphatic rings. The molecule has 1 aromatic carbocycles. The van der Waals surface area contributed by atoms with Gasteiger partial charge in [0.05, 0.1) is 18.8 Å². The average molecular weight is 644 g/mol. The van der Waals surface area contributed by atoms with Gasteiger partial charge in [0.1, 0.15) is 12.1 Å². The van der Waals surface area contributed by atoms with E-state index in [0.717, 1.165) is 5.56 Å². The largest absolute Gasteiger partial charge is 0.481 e. The van der Waals surface area contributed by atoms with Gasteiger partial charge in [-0.1, -0.05) is 66.0 Å². The number of amides is 3. The van der Waals surface area contributed by atoms with Crippen LogP contribution in [0.5, 0.6) is 0 Å². The predicted octanol–water partition coefficient (Wildman–Crippen LogP) is 4.37. The second kappa shape index (κ2) is 15.9. The summed E-state index contributed by atoms with van der Waals surface area (Å²) in [5, 5.41) is 25.3. The van der Waals surface area contributed by atoms with Crippen LogP contribution in [0.1, 0.15) is 97.2 Å². The van der Waals surface area contributed by atoms with Gasteiger partial charge in [0, 0.05) is 31.4 Å². The van der Waals surface area contributed by atoms with Crippen LogP contribution < -0.4 is 10.6 Å². The average Bonchev–Trinajstić information content (AvgIpc) is 3.33. The van der Waals surface area contributed by atoms with Crippen molar-refractivity contribution in [2.24, 2.45) is 5.41 Å². The van der Waals surface area contributed by atoms with Gasteiger partial charge in [-0.3, -0.25) is 19.2 Å². The SMILES string of the molecule is C#Cc1ccc([C@H](CO[Si](C)(C)C(C)(C)C)NC(=O)[C@@H]2C[C@@H](O)CN2C(=O)[C@@H](NC(=O)CCCCCC(=O)O)C(C)(C)C)cc1. The van der Waals surface area contributed by atoms with Crippen LogP contribution in [0.15, 0.2) is 24.3 Å². The standard InChI is InChI=1S/C34H53N3O7Si/c1-10-23-16-18-24(19-17-23)26(22-44-45(8,9)34(5,6)7)35-31(42)27-20-25(38)21-37(27)32(43)30(33(2,3)4)36-28(39)14-12-11-13-15-29(40)41/h1,16-19,25-27,30,38H,11-15,20-22H2,2-9H3,(H,35,42)(H,36,39)(H,40,41)/t25-,26+,27+,30-/m1/s1. The lowest BCUT2D eigenvalue weighted by Crippen LogP contribution is -2.58. The molecule has 4 N–H and O–H groups in total. The molecule has 10 nitrogen and oxygen atoms in total. The van der Waals surface area contributed by atoms with Crippen LogP contribution in [-0.4, -0.2) is 78.5 Å². The molecule has 3 amide bonds. The number of hydrogen-bond donors (Lipinski definition) is 4. The van der Waals surface area contributed by atoms with Crippen LogP contribution in [0.25, 0.3) is 0 Å². The number of carbonyl (C=O) groups excluding carboxylic acids is 3. The number of aliphatic hydroxyl groups is 1. The maximum absolute atomic E-state index is 14.0. The molecule has 1 aromatic rings. The van der Waals surface area contributed by atoms with Gasteiger partial charge in [-0.25, -0.2) is 0 Å². The summed E-state index contributed by atoms with van der Waals surface area (Å²) in [6.07, 6.45) is 6.47. The summed E-state index contributed by atoms with van der Waals surface area (Å²) < 4.78 is 6.49. The summed E-state index contributed by atoms with van der Waals surface area (Å²) in [4.78, 5) is 52.7. The molecule has 4 atom stereocenters.